The predicted molar refractivity (Wildman–Crippen MR) is 65.6 cm³/mol. The Labute approximate surface area is 96.5 Å². The summed E-state index contributed by atoms with van der Waals surface area (Å²) in [5.74, 6) is 0.648. The maximum Gasteiger partial charge on any atom is 0.162 e. The van der Waals surface area contributed by atoms with E-state index in [1.165, 1.54) is 0 Å². The molecule has 3 heteroatoms. The lowest BCUT2D eigenvalue weighted by atomic mass is 10.0. The lowest BCUT2D eigenvalue weighted by Crippen LogP contribution is -2.10. The van der Waals surface area contributed by atoms with Crippen LogP contribution in [0.25, 0.3) is 0 Å². The molecule has 0 aliphatic rings. The van der Waals surface area contributed by atoms with Gasteiger partial charge in [-0.3, -0.25) is 0 Å². The summed E-state index contributed by atoms with van der Waals surface area (Å²) in [5.41, 5.74) is 6.71. The summed E-state index contributed by atoms with van der Waals surface area (Å²) in [6, 6.07) is 5.22. The number of rotatable bonds is 6. The van der Waals surface area contributed by atoms with E-state index in [9.17, 15) is 5.11 Å². The van der Waals surface area contributed by atoms with E-state index < -0.39 is 0 Å². The van der Waals surface area contributed by atoms with E-state index >= 15 is 0 Å². The van der Waals surface area contributed by atoms with Crippen molar-refractivity contribution in [3.05, 3.63) is 36.4 Å². The molecule has 0 amide bonds. The maximum absolute atomic E-state index is 9.96. The second-order valence-electron chi connectivity index (χ2n) is 3.60. The van der Waals surface area contributed by atoms with Gasteiger partial charge in [0.15, 0.2) is 11.5 Å². The highest BCUT2D eigenvalue weighted by Crippen LogP contribution is 2.34. The number of para-hydroxylation sites is 1. The van der Waals surface area contributed by atoms with Crippen LogP contribution in [0, 0.1) is 0 Å². The minimum Gasteiger partial charge on any atom is -0.504 e. The second kappa shape index (κ2) is 6.18. The molecule has 0 bridgehead atoms. The number of hydrogen-bond donors (Lipinski definition) is 2. The van der Waals surface area contributed by atoms with Crippen molar-refractivity contribution in [2.75, 3.05) is 6.61 Å². The number of benzene rings is 1. The van der Waals surface area contributed by atoms with E-state index in [1.807, 2.05) is 25.1 Å². The third-order valence-corrected chi connectivity index (χ3v) is 2.41. The van der Waals surface area contributed by atoms with Crippen molar-refractivity contribution in [3.63, 3.8) is 0 Å². The van der Waals surface area contributed by atoms with Crippen LogP contribution in [0.15, 0.2) is 30.9 Å². The molecule has 0 radical (unpaired) electrons. The van der Waals surface area contributed by atoms with Crippen molar-refractivity contribution in [2.45, 2.75) is 25.8 Å². The number of aromatic hydroxyl groups is 1. The standard InChI is InChI=1S/C13H19NO2/c1-3-5-8-11(14)10-7-6-9-12(13(10)15)16-4-2/h3,6-7,9,11,15H,1,4-5,8,14H2,2H3/t11-/m1/s1. The average Bonchev–Trinajstić information content (AvgIpc) is 2.29. The molecule has 0 saturated carbocycles. The Morgan fingerprint density at radius 2 is 2.31 bits per heavy atom. The first-order chi connectivity index (χ1) is 7.70. The van der Waals surface area contributed by atoms with Gasteiger partial charge in [-0.25, -0.2) is 0 Å². The van der Waals surface area contributed by atoms with Gasteiger partial charge in [-0.1, -0.05) is 18.2 Å². The molecule has 1 aromatic carbocycles. The van der Waals surface area contributed by atoms with E-state index in [0.29, 0.717) is 12.4 Å². The van der Waals surface area contributed by atoms with Gasteiger partial charge in [-0.15, -0.1) is 6.58 Å². The molecular weight excluding hydrogens is 202 g/mol. The molecule has 1 rings (SSSR count). The van der Waals surface area contributed by atoms with Crippen molar-refractivity contribution < 1.29 is 9.84 Å². The first kappa shape index (κ1) is 12.6. The van der Waals surface area contributed by atoms with Crippen molar-refractivity contribution in [2.24, 2.45) is 5.73 Å². The van der Waals surface area contributed by atoms with Crippen molar-refractivity contribution in [1.82, 2.24) is 0 Å². The molecule has 1 aromatic rings. The molecule has 0 aromatic heterocycles. The fraction of sp³-hybridized carbons (Fsp3) is 0.385. The molecule has 3 N–H and O–H groups in total. The summed E-state index contributed by atoms with van der Waals surface area (Å²) in [5, 5.41) is 9.96. The van der Waals surface area contributed by atoms with E-state index in [-0.39, 0.29) is 11.8 Å². The van der Waals surface area contributed by atoms with E-state index in [4.69, 9.17) is 10.5 Å². The zero-order chi connectivity index (χ0) is 12.0. The Morgan fingerprint density at radius 1 is 1.56 bits per heavy atom. The Bertz CT molecular complexity index is 350. The second-order valence-corrected chi connectivity index (χ2v) is 3.60. The normalized spacial score (nSPS) is 12.1. The van der Waals surface area contributed by atoms with Crippen molar-refractivity contribution in [3.8, 4) is 11.5 Å². The fourth-order valence-corrected chi connectivity index (χ4v) is 1.56. The molecule has 3 nitrogen and oxygen atoms in total. The summed E-state index contributed by atoms with van der Waals surface area (Å²) in [7, 11) is 0. The van der Waals surface area contributed by atoms with Crippen LogP contribution < -0.4 is 10.5 Å². The van der Waals surface area contributed by atoms with Gasteiger partial charge in [0.25, 0.3) is 0 Å². The first-order valence-corrected chi connectivity index (χ1v) is 5.51. The van der Waals surface area contributed by atoms with E-state index in [1.54, 1.807) is 6.07 Å². The summed E-state index contributed by atoms with van der Waals surface area (Å²) in [6.07, 6.45) is 3.43. The monoisotopic (exact) mass is 221 g/mol. The molecule has 0 aliphatic heterocycles. The summed E-state index contributed by atoms with van der Waals surface area (Å²) in [6.45, 7) is 6.06. The van der Waals surface area contributed by atoms with Crippen LogP contribution >= 0.6 is 0 Å². The van der Waals surface area contributed by atoms with Crippen LogP contribution in [0.1, 0.15) is 31.4 Å². The molecule has 0 fully saturated rings. The molecule has 88 valence electrons. The number of hydrogen-bond acceptors (Lipinski definition) is 3. The highest BCUT2D eigenvalue weighted by atomic mass is 16.5. The Morgan fingerprint density at radius 3 is 2.94 bits per heavy atom. The number of phenolic OH excluding ortho intramolecular Hbond substituents is 1. The van der Waals surface area contributed by atoms with Crippen LogP contribution in [-0.2, 0) is 0 Å². The molecule has 0 saturated heterocycles. The molecule has 0 heterocycles. The number of phenols is 1. The predicted octanol–water partition coefficient (Wildman–Crippen LogP) is 2.76. The zero-order valence-electron chi connectivity index (χ0n) is 9.65. The quantitative estimate of drug-likeness (QED) is 0.726. The summed E-state index contributed by atoms with van der Waals surface area (Å²) >= 11 is 0. The third kappa shape index (κ3) is 3.00. The van der Waals surface area contributed by atoms with Gasteiger partial charge in [-0.05, 0) is 25.8 Å². The average molecular weight is 221 g/mol. The van der Waals surface area contributed by atoms with Gasteiger partial charge in [0.2, 0.25) is 0 Å². The van der Waals surface area contributed by atoms with Crippen LogP contribution in [0.5, 0.6) is 11.5 Å². The van der Waals surface area contributed by atoms with Crippen LogP contribution in [0.4, 0.5) is 0 Å². The highest BCUT2D eigenvalue weighted by Gasteiger charge is 2.13. The van der Waals surface area contributed by atoms with Crippen LogP contribution in [0.2, 0.25) is 0 Å². The van der Waals surface area contributed by atoms with E-state index in [2.05, 4.69) is 6.58 Å². The number of allylic oxidation sites excluding steroid dienone is 1. The Balaban J connectivity index is 2.86. The van der Waals surface area contributed by atoms with Gasteiger partial charge in [0.1, 0.15) is 0 Å². The smallest absolute Gasteiger partial charge is 0.162 e. The van der Waals surface area contributed by atoms with E-state index in [0.717, 1.165) is 18.4 Å². The lowest BCUT2D eigenvalue weighted by Gasteiger charge is -2.15. The van der Waals surface area contributed by atoms with Crippen LogP contribution in [-0.4, -0.2) is 11.7 Å². The van der Waals surface area contributed by atoms with Crippen molar-refractivity contribution in [1.29, 1.82) is 0 Å². The highest BCUT2D eigenvalue weighted by molar-refractivity contribution is 5.46. The van der Waals surface area contributed by atoms with Crippen LogP contribution in [0.3, 0.4) is 0 Å². The Kier molecular flexibility index (Phi) is 4.86. The first-order valence-electron chi connectivity index (χ1n) is 5.51. The molecule has 0 unspecified atom stereocenters. The largest absolute Gasteiger partial charge is 0.504 e. The topological polar surface area (TPSA) is 55.5 Å². The summed E-state index contributed by atoms with van der Waals surface area (Å²) < 4.78 is 5.31. The third-order valence-electron chi connectivity index (χ3n) is 2.41. The number of nitrogens with two attached hydrogens (primary N) is 1. The van der Waals surface area contributed by atoms with Gasteiger partial charge in [0.05, 0.1) is 6.61 Å². The zero-order valence-corrected chi connectivity index (χ0v) is 9.65. The van der Waals surface area contributed by atoms with Crippen molar-refractivity contribution >= 4 is 0 Å². The molecule has 1 atom stereocenters. The Hall–Kier alpha value is -1.48. The van der Waals surface area contributed by atoms with Gasteiger partial charge < -0.3 is 15.6 Å². The van der Waals surface area contributed by atoms with Gasteiger partial charge in [-0.2, -0.15) is 0 Å². The van der Waals surface area contributed by atoms with Gasteiger partial charge in [0, 0.05) is 11.6 Å². The maximum atomic E-state index is 9.96. The lowest BCUT2D eigenvalue weighted by molar-refractivity contribution is 0.315. The molecule has 0 aliphatic carbocycles. The number of ether oxygens (including phenoxy) is 1. The SMILES string of the molecule is C=CCC[C@@H](N)c1cccc(OCC)c1O. The minimum atomic E-state index is -0.182. The fourth-order valence-electron chi connectivity index (χ4n) is 1.56. The molecule has 0 spiro atoms. The van der Waals surface area contributed by atoms with Gasteiger partial charge >= 0.3 is 0 Å². The summed E-state index contributed by atoms with van der Waals surface area (Å²) in [4.78, 5) is 0. The molecular formula is C13H19NO2. The molecule has 16 heavy (non-hydrogen) atoms. The minimum absolute atomic E-state index is 0.154.